The van der Waals surface area contributed by atoms with E-state index in [-0.39, 0.29) is 17.0 Å². The number of amides is 2. The lowest BCUT2D eigenvalue weighted by molar-refractivity contribution is -0.123. The van der Waals surface area contributed by atoms with Crippen LogP contribution < -0.4 is 10.6 Å². The number of halogens is 1. The molecule has 0 radical (unpaired) electrons. The van der Waals surface area contributed by atoms with Gasteiger partial charge in [0.1, 0.15) is 0 Å². The molecule has 1 saturated heterocycles. The van der Waals surface area contributed by atoms with E-state index in [9.17, 15) is 9.59 Å². The van der Waals surface area contributed by atoms with Crippen molar-refractivity contribution in [2.45, 2.75) is 0 Å². The lowest BCUT2D eigenvalue weighted by atomic mass is 10.3. The maximum Gasteiger partial charge on any atom is 0.238 e. The molecule has 1 aliphatic heterocycles. The summed E-state index contributed by atoms with van der Waals surface area (Å²) in [5, 5.41) is 5.80. The van der Waals surface area contributed by atoms with Crippen LogP contribution in [0.15, 0.2) is 31.0 Å². The van der Waals surface area contributed by atoms with Crippen LogP contribution in [-0.2, 0) is 9.59 Å². The van der Waals surface area contributed by atoms with Crippen molar-refractivity contribution in [1.82, 2.24) is 20.1 Å². The third-order valence-electron chi connectivity index (χ3n) is 3.68. The van der Waals surface area contributed by atoms with Gasteiger partial charge < -0.3 is 10.6 Å². The Balaban J connectivity index is 1.71. The maximum absolute atomic E-state index is 12.1. The van der Waals surface area contributed by atoms with Crippen molar-refractivity contribution in [3.63, 3.8) is 0 Å². The highest BCUT2D eigenvalue weighted by Gasteiger charge is 2.20. The number of nitrogens with zero attached hydrogens (tertiary/aromatic N) is 3. The predicted octanol–water partition coefficient (Wildman–Crippen LogP) is 0.593. The van der Waals surface area contributed by atoms with Gasteiger partial charge in [0.2, 0.25) is 11.8 Å². The number of anilines is 1. The second kappa shape index (κ2) is 9.36. The zero-order chi connectivity index (χ0) is 17.4. The Morgan fingerprint density at radius 1 is 1.21 bits per heavy atom. The smallest absolute Gasteiger partial charge is 0.238 e. The molecule has 2 N–H and O–H groups in total. The first-order valence-corrected chi connectivity index (χ1v) is 8.19. The van der Waals surface area contributed by atoms with E-state index in [1.807, 2.05) is 0 Å². The van der Waals surface area contributed by atoms with Crippen LogP contribution in [0.25, 0.3) is 0 Å². The Kier molecular flexibility index (Phi) is 7.17. The van der Waals surface area contributed by atoms with Gasteiger partial charge in [-0.2, -0.15) is 0 Å². The number of nitrogens with one attached hydrogen (secondary N) is 2. The molecule has 1 aliphatic rings. The van der Waals surface area contributed by atoms with E-state index >= 15 is 0 Å². The van der Waals surface area contributed by atoms with Crippen LogP contribution in [0, 0.1) is 0 Å². The second-order valence-electron chi connectivity index (χ2n) is 5.53. The van der Waals surface area contributed by atoms with Gasteiger partial charge in [-0.25, -0.2) is 4.98 Å². The molecule has 0 bridgehead atoms. The number of pyridine rings is 1. The summed E-state index contributed by atoms with van der Waals surface area (Å²) in [4.78, 5) is 31.8. The highest BCUT2D eigenvalue weighted by Crippen LogP contribution is 2.17. The third-order valence-corrected chi connectivity index (χ3v) is 3.98. The first-order valence-electron chi connectivity index (χ1n) is 7.81. The fraction of sp³-hybridized carbons (Fsp3) is 0.438. The number of hydrogen-bond acceptors (Lipinski definition) is 5. The fourth-order valence-corrected chi connectivity index (χ4v) is 2.59. The van der Waals surface area contributed by atoms with E-state index in [2.05, 4.69) is 32.0 Å². The van der Waals surface area contributed by atoms with E-state index in [4.69, 9.17) is 11.6 Å². The minimum atomic E-state index is -0.123. The summed E-state index contributed by atoms with van der Waals surface area (Å²) in [5.74, 6) is -0.130. The summed E-state index contributed by atoms with van der Waals surface area (Å²) in [6, 6.07) is 3.44. The molecule has 0 aromatic carbocycles. The van der Waals surface area contributed by atoms with Gasteiger partial charge >= 0.3 is 0 Å². The van der Waals surface area contributed by atoms with Crippen LogP contribution in [0.1, 0.15) is 0 Å². The van der Waals surface area contributed by atoms with Crippen LogP contribution in [0.3, 0.4) is 0 Å². The van der Waals surface area contributed by atoms with Crippen molar-refractivity contribution in [3.05, 3.63) is 36.1 Å². The lowest BCUT2D eigenvalue weighted by Gasteiger charge is -2.33. The Hall–Kier alpha value is -1.96. The van der Waals surface area contributed by atoms with Gasteiger partial charge in [-0.3, -0.25) is 19.4 Å². The van der Waals surface area contributed by atoms with Crippen LogP contribution in [0.4, 0.5) is 5.69 Å². The molecule has 8 heteroatoms. The first-order chi connectivity index (χ1) is 11.6. The monoisotopic (exact) mass is 351 g/mol. The molecule has 24 heavy (non-hydrogen) atoms. The molecule has 2 heterocycles. The quantitative estimate of drug-likeness (QED) is 0.555. The highest BCUT2D eigenvalue weighted by atomic mass is 35.5. The largest absolute Gasteiger partial charge is 0.352 e. The fourth-order valence-electron chi connectivity index (χ4n) is 2.42. The summed E-state index contributed by atoms with van der Waals surface area (Å²) in [5.41, 5.74) is 0.515. The first kappa shape index (κ1) is 18.4. The molecule has 0 saturated carbocycles. The average molecular weight is 352 g/mol. The Morgan fingerprint density at radius 3 is 2.42 bits per heavy atom. The van der Waals surface area contributed by atoms with Crippen molar-refractivity contribution in [2.24, 2.45) is 0 Å². The van der Waals surface area contributed by atoms with E-state index in [1.54, 1.807) is 24.4 Å². The molecule has 7 nitrogen and oxygen atoms in total. The summed E-state index contributed by atoms with van der Waals surface area (Å²) in [6.07, 6.45) is 3.23. The lowest BCUT2D eigenvalue weighted by Crippen LogP contribution is -2.51. The Morgan fingerprint density at radius 2 is 1.83 bits per heavy atom. The van der Waals surface area contributed by atoms with Gasteiger partial charge in [0, 0.05) is 38.9 Å². The number of carbonyl (C=O) groups excluding carboxylic acids is 2. The zero-order valence-corrected chi connectivity index (χ0v) is 14.3. The van der Waals surface area contributed by atoms with Crippen molar-refractivity contribution < 1.29 is 9.59 Å². The number of rotatable bonds is 7. The highest BCUT2D eigenvalue weighted by molar-refractivity contribution is 6.32. The van der Waals surface area contributed by atoms with E-state index in [1.165, 1.54) is 0 Å². The van der Waals surface area contributed by atoms with Gasteiger partial charge in [-0.05, 0) is 12.1 Å². The normalized spacial score (nSPS) is 15.7. The molecule has 0 unspecified atom stereocenters. The van der Waals surface area contributed by atoms with Crippen LogP contribution >= 0.6 is 11.6 Å². The van der Waals surface area contributed by atoms with Gasteiger partial charge in [0.15, 0.2) is 5.15 Å². The van der Waals surface area contributed by atoms with Gasteiger partial charge in [0.25, 0.3) is 0 Å². The molecule has 1 aromatic rings. The number of aromatic nitrogens is 1. The molecular weight excluding hydrogens is 330 g/mol. The number of hydrogen-bond donors (Lipinski definition) is 2. The second-order valence-corrected chi connectivity index (χ2v) is 5.89. The van der Waals surface area contributed by atoms with E-state index in [0.717, 1.165) is 26.2 Å². The molecule has 0 aliphatic carbocycles. The minimum absolute atomic E-state index is 0.00712. The topological polar surface area (TPSA) is 77.6 Å². The van der Waals surface area contributed by atoms with Crippen LogP contribution in [-0.4, -0.2) is 72.4 Å². The Bertz CT molecular complexity index is 588. The predicted molar refractivity (Wildman–Crippen MR) is 94.0 cm³/mol. The summed E-state index contributed by atoms with van der Waals surface area (Å²) in [7, 11) is 0. The van der Waals surface area contributed by atoms with Crippen molar-refractivity contribution >= 4 is 29.1 Å². The van der Waals surface area contributed by atoms with E-state index < -0.39 is 0 Å². The van der Waals surface area contributed by atoms with Crippen molar-refractivity contribution in [1.29, 1.82) is 0 Å². The molecule has 1 fully saturated rings. The Labute approximate surface area is 146 Å². The van der Waals surface area contributed by atoms with E-state index in [0.29, 0.717) is 25.3 Å². The number of piperazine rings is 1. The zero-order valence-electron chi connectivity index (χ0n) is 13.5. The summed E-state index contributed by atoms with van der Waals surface area (Å²) in [6.45, 7) is 7.70. The van der Waals surface area contributed by atoms with Gasteiger partial charge in [-0.15, -0.1) is 6.58 Å². The molecule has 130 valence electrons. The number of carbonyl (C=O) groups is 2. The molecular formula is C16H22ClN5O2. The van der Waals surface area contributed by atoms with Crippen LogP contribution in [0.2, 0.25) is 5.15 Å². The molecule has 1 aromatic heterocycles. The molecule has 2 amide bonds. The average Bonchev–Trinajstić information content (AvgIpc) is 2.57. The van der Waals surface area contributed by atoms with Crippen molar-refractivity contribution in [3.8, 4) is 0 Å². The standard InChI is InChI=1S/C16H22ClN5O2/c1-2-5-18-14(23)11-21-7-9-22(10-8-21)12-15(24)20-13-4-3-6-19-16(13)17/h2-4,6H,1,5,7-12H2,(H,18,23)(H,20,24). The maximum atomic E-state index is 12.1. The SMILES string of the molecule is C=CCNC(=O)CN1CCN(CC(=O)Nc2cccnc2Cl)CC1. The molecule has 0 atom stereocenters. The minimum Gasteiger partial charge on any atom is -0.352 e. The summed E-state index contributed by atoms with van der Waals surface area (Å²) >= 11 is 5.92. The molecule has 0 spiro atoms. The summed E-state index contributed by atoms with van der Waals surface area (Å²) < 4.78 is 0. The van der Waals surface area contributed by atoms with Gasteiger partial charge in [0.05, 0.1) is 18.8 Å². The molecule has 2 rings (SSSR count). The van der Waals surface area contributed by atoms with Crippen molar-refractivity contribution in [2.75, 3.05) is 51.1 Å². The third kappa shape index (κ3) is 5.92. The van der Waals surface area contributed by atoms with Crippen LogP contribution in [0.5, 0.6) is 0 Å². The van der Waals surface area contributed by atoms with Gasteiger partial charge in [-0.1, -0.05) is 17.7 Å².